The molecule has 93 heavy (non-hydrogen) atoms. The molecule has 0 radical (unpaired) electrons. The van der Waals surface area contributed by atoms with Crippen molar-refractivity contribution in [1.82, 2.24) is 55.7 Å². The summed E-state index contributed by atoms with van der Waals surface area (Å²) in [7, 11) is 1.46. The smallest absolute Gasteiger partial charge is 0.317 e. The van der Waals surface area contributed by atoms with Crippen molar-refractivity contribution in [3.8, 4) is 5.75 Å². The van der Waals surface area contributed by atoms with Crippen LogP contribution in [0.4, 0.5) is 8.78 Å². The first-order valence-electron chi connectivity index (χ1n) is 32.1. The fourth-order valence-electron chi connectivity index (χ4n) is 11.7. The van der Waals surface area contributed by atoms with Gasteiger partial charge in [-0.15, -0.1) is 0 Å². The fraction of sp³-hybridized carbons (Fsp3) is 0.625. The second-order valence-electron chi connectivity index (χ2n) is 24.0. The zero-order chi connectivity index (χ0) is 67.1. The first-order valence-corrected chi connectivity index (χ1v) is 33.2. The van der Waals surface area contributed by atoms with Crippen molar-refractivity contribution >= 4 is 87.2 Å². The number of amides is 5. The Kier molecular flexibility index (Phi) is 32.4. The molecule has 3 saturated heterocycles. The van der Waals surface area contributed by atoms with Crippen molar-refractivity contribution in [3.05, 3.63) is 69.4 Å². The molecule has 0 saturated carbocycles. The summed E-state index contributed by atoms with van der Waals surface area (Å²) in [5.41, 5.74) is 2.20. The number of hydrogen-bond donors (Lipinski definition) is 8. The maximum Gasteiger partial charge on any atom is 0.317 e. The Morgan fingerprint density at radius 1 is 0.720 bits per heavy atom. The van der Waals surface area contributed by atoms with Gasteiger partial charge in [0.05, 0.1) is 64.0 Å². The number of piperidine rings is 1. The Labute approximate surface area is 555 Å². The molecular formula is C64H93F2IN12O14. The molecule has 0 spiro atoms. The van der Waals surface area contributed by atoms with Crippen LogP contribution in [0.2, 0.25) is 0 Å². The summed E-state index contributed by atoms with van der Waals surface area (Å²) in [5, 5.41) is 52.0. The minimum atomic E-state index is -3.03. The maximum atomic E-state index is 14.2. The number of halogens is 3. The number of carbonyl (C=O) groups excluding carboxylic acids is 5. The minimum absolute atomic E-state index is 0.0758. The summed E-state index contributed by atoms with van der Waals surface area (Å²) in [6, 6.07) is 13.3. The number of aromatic nitrogens is 1. The molecule has 3 atom stereocenters. The lowest BCUT2D eigenvalue weighted by Gasteiger charge is -2.33. The van der Waals surface area contributed by atoms with Crippen LogP contribution in [-0.2, 0) is 49.5 Å². The normalized spacial score (nSPS) is 18.1. The average molecular weight is 1420 g/mol. The number of rotatable bonds is 36. The molecule has 26 nitrogen and oxygen atoms in total. The number of aliphatic hydroxyl groups is 1. The van der Waals surface area contributed by atoms with Crippen molar-refractivity contribution in [2.75, 3.05) is 145 Å². The van der Waals surface area contributed by atoms with Gasteiger partial charge >= 0.3 is 17.9 Å². The Hall–Kier alpha value is -6.61. The van der Waals surface area contributed by atoms with Crippen LogP contribution in [0.3, 0.4) is 0 Å². The lowest BCUT2D eigenvalue weighted by atomic mass is 9.92. The molecule has 3 aliphatic rings. The number of hydrogen-bond acceptors (Lipinski definition) is 18. The van der Waals surface area contributed by atoms with Gasteiger partial charge in [0.2, 0.25) is 29.5 Å². The third kappa shape index (κ3) is 28.1. The molecular weight excluding hydrogens is 1330 g/mol. The largest absolute Gasteiger partial charge is 0.494 e. The predicted octanol–water partition coefficient (Wildman–Crippen LogP) is 2.94. The van der Waals surface area contributed by atoms with Gasteiger partial charge in [-0.2, -0.15) is 0 Å². The standard InChI is InChI=1S/C64H93F2IN12O14/c1-68-39-49-38-64(65,66)45-79(49)58(83)40-72-62(90)51-17-22-69-53-16-15-50(37-52(51)53)93-34-6-8-47-18-24-78(25-19-47)57(82)10-3-2-4-21-71-63(91)54(20-35-92-36-23-70-55(80)9-5-7-46-11-13-48(67)14-12-46)73-56(81)41-74-26-28-75(42-59(84)85)30-32-77(44-61(88)89)33-31-76(29-27-74)43-60(86)87/h11-17,22,37,39,47,49,54,62,72,90H,2-10,18-21,23-36,38,40-45H2,1H3,(H,70,80)(H,71,91)(H,73,81)(H,84,85)(H,86,87)(H,88,89)/b68-39+/t49-,54+,62?/m1/s1. The maximum absolute atomic E-state index is 14.2. The van der Waals surface area contributed by atoms with Gasteiger partial charge < -0.3 is 55.7 Å². The Morgan fingerprint density at radius 3 is 1.98 bits per heavy atom. The van der Waals surface area contributed by atoms with E-state index in [1.807, 2.05) is 29.2 Å². The average Bonchev–Trinajstić information content (AvgIpc) is 1.86. The summed E-state index contributed by atoms with van der Waals surface area (Å²) in [5.74, 6) is -6.80. The van der Waals surface area contributed by atoms with Gasteiger partial charge in [-0.05, 0) is 128 Å². The van der Waals surface area contributed by atoms with Gasteiger partial charge in [0, 0.05) is 138 Å². The zero-order valence-electron chi connectivity index (χ0n) is 53.2. The number of ether oxygens (including phenoxy) is 2. The molecule has 2 aromatic carbocycles. The summed E-state index contributed by atoms with van der Waals surface area (Å²) in [6.45, 7) is 2.00. The molecule has 8 N–H and O–H groups in total. The van der Waals surface area contributed by atoms with Crippen LogP contribution in [0.15, 0.2) is 59.7 Å². The molecule has 1 aromatic heterocycles. The zero-order valence-corrected chi connectivity index (χ0v) is 55.4. The van der Waals surface area contributed by atoms with E-state index in [2.05, 4.69) is 53.8 Å². The molecule has 29 heteroatoms. The third-order valence-corrected chi connectivity index (χ3v) is 17.4. The van der Waals surface area contributed by atoms with Gasteiger partial charge in [0.1, 0.15) is 18.0 Å². The first kappa shape index (κ1) is 75.4. The predicted molar refractivity (Wildman–Crippen MR) is 351 cm³/mol. The van der Waals surface area contributed by atoms with E-state index >= 15 is 0 Å². The molecule has 3 fully saturated rings. The van der Waals surface area contributed by atoms with Crippen LogP contribution >= 0.6 is 22.6 Å². The van der Waals surface area contributed by atoms with Gasteiger partial charge in [0.15, 0.2) is 0 Å². The molecule has 0 aliphatic carbocycles. The summed E-state index contributed by atoms with van der Waals surface area (Å²) in [6.07, 6.45) is 8.62. The van der Waals surface area contributed by atoms with Crippen molar-refractivity contribution in [1.29, 1.82) is 0 Å². The third-order valence-electron chi connectivity index (χ3n) is 16.7. The number of carbonyl (C=O) groups is 8. The first-order chi connectivity index (χ1) is 44.6. The van der Waals surface area contributed by atoms with Crippen LogP contribution in [0.5, 0.6) is 5.75 Å². The summed E-state index contributed by atoms with van der Waals surface area (Å²) >= 11 is 2.25. The van der Waals surface area contributed by atoms with E-state index in [-0.39, 0.29) is 130 Å². The van der Waals surface area contributed by atoms with Gasteiger partial charge in [0.25, 0.3) is 5.92 Å². The van der Waals surface area contributed by atoms with Gasteiger partial charge in [-0.1, -0.05) is 18.6 Å². The number of nitrogens with zero attached hydrogens (tertiary/aromatic N) is 8. The van der Waals surface area contributed by atoms with Crippen molar-refractivity contribution in [3.63, 3.8) is 0 Å². The highest BCUT2D eigenvalue weighted by molar-refractivity contribution is 14.1. The summed E-state index contributed by atoms with van der Waals surface area (Å²) < 4.78 is 41.4. The molecule has 0 bridgehead atoms. The molecule has 6 rings (SSSR count). The fourth-order valence-corrected chi connectivity index (χ4v) is 12.0. The molecule has 1 unspecified atom stereocenters. The highest BCUT2D eigenvalue weighted by Gasteiger charge is 2.46. The van der Waals surface area contributed by atoms with E-state index in [0.29, 0.717) is 86.4 Å². The highest BCUT2D eigenvalue weighted by Crippen LogP contribution is 2.32. The second kappa shape index (κ2) is 39.9. The van der Waals surface area contributed by atoms with Crippen molar-refractivity contribution < 1.29 is 77.0 Å². The van der Waals surface area contributed by atoms with E-state index in [4.69, 9.17) is 9.47 Å². The van der Waals surface area contributed by atoms with Crippen LogP contribution in [0.1, 0.15) is 94.4 Å². The Morgan fingerprint density at radius 2 is 1.35 bits per heavy atom. The Balaban J connectivity index is 0.918. The monoisotopic (exact) mass is 1420 g/mol. The number of aryl methyl sites for hydroxylation is 1. The van der Waals surface area contributed by atoms with E-state index in [1.54, 1.807) is 43.9 Å². The van der Waals surface area contributed by atoms with Crippen LogP contribution in [-0.4, -0.2) is 271 Å². The quantitative estimate of drug-likeness (QED) is 0.0180. The number of unbranched alkanes of at least 4 members (excludes halogenated alkanes) is 2. The van der Waals surface area contributed by atoms with Crippen LogP contribution in [0, 0.1) is 9.49 Å². The van der Waals surface area contributed by atoms with Gasteiger partial charge in [-0.25, -0.2) is 8.78 Å². The topological polar surface area (TPSA) is 329 Å². The lowest BCUT2D eigenvalue weighted by molar-refractivity contribution is -0.140. The minimum Gasteiger partial charge on any atom is -0.494 e. The number of alkyl halides is 2. The number of aliphatic carboxylic acids is 3. The number of nitrogens with one attached hydrogen (secondary N) is 4. The number of pyridine rings is 1. The lowest BCUT2D eigenvalue weighted by Crippen LogP contribution is -2.52. The number of carboxylic acids is 3. The van der Waals surface area contributed by atoms with E-state index in [1.165, 1.54) is 19.5 Å². The highest BCUT2D eigenvalue weighted by atomic mass is 127. The number of likely N-dealkylation sites (tertiary alicyclic amines) is 2. The Bertz CT molecular complexity index is 2900. The number of aliphatic imine (C=N–C) groups is 1. The van der Waals surface area contributed by atoms with Gasteiger partial charge in [-0.3, -0.25) is 73.2 Å². The van der Waals surface area contributed by atoms with Crippen molar-refractivity contribution in [2.45, 2.75) is 108 Å². The second-order valence-corrected chi connectivity index (χ2v) is 25.2. The number of fused-ring (bicyclic) bond motifs is 1. The summed E-state index contributed by atoms with van der Waals surface area (Å²) in [4.78, 5) is 120. The number of aliphatic hydroxyl groups excluding tert-OH is 1. The molecule has 4 heterocycles. The molecule has 3 aliphatic heterocycles. The number of benzene rings is 2. The number of carboxylic acid groups (broad SMARTS) is 3. The van der Waals surface area contributed by atoms with E-state index in [9.17, 15) is 67.6 Å². The molecule has 5 amide bonds. The van der Waals surface area contributed by atoms with Crippen LogP contribution < -0.4 is 26.0 Å². The van der Waals surface area contributed by atoms with Crippen LogP contribution in [0.25, 0.3) is 10.9 Å². The SMILES string of the molecule is C/N=C/[C@H]1CC(F)(F)CN1C(=O)CNC(O)c1ccnc2ccc(OCCCC3CCN(C(=O)CCCCCNC(=O)[C@H](CCOCCNC(=O)CCCc4ccc(I)cc4)NC(=O)CN4CCN(CC(=O)O)CCN(CC(=O)O)CCN(CC(=O)O)CC4)CC3)cc12. The molecule has 3 aromatic rings. The molecule has 514 valence electrons. The van der Waals surface area contributed by atoms with E-state index < -0.39 is 72.8 Å². The van der Waals surface area contributed by atoms with Crippen molar-refractivity contribution in [2.24, 2.45) is 10.9 Å². The van der Waals surface area contributed by atoms with E-state index in [0.717, 1.165) is 46.1 Å².